The molecule has 0 spiro atoms. The molecule has 0 amide bonds. The van der Waals surface area contributed by atoms with Crippen LogP contribution in [0.1, 0.15) is 11.1 Å². The lowest BCUT2D eigenvalue weighted by Gasteiger charge is -2.30. The quantitative estimate of drug-likeness (QED) is 0.505. The minimum absolute atomic E-state index is 0.182. The van der Waals surface area contributed by atoms with Crippen molar-refractivity contribution in [2.24, 2.45) is 0 Å². The third-order valence-electron chi connectivity index (χ3n) is 4.66. The molecule has 0 fully saturated rings. The van der Waals surface area contributed by atoms with Crippen molar-refractivity contribution in [3.05, 3.63) is 59.7 Å². The number of benzene rings is 2. The van der Waals surface area contributed by atoms with E-state index in [9.17, 15) is 21.9 Å². The van der Waals surface area contributed by atoms with Crippen molar-refractivity contribution >= 4 is 37.7 Å². The molecule has 1 N–H and O–H groups in total. The number of thiophene rings is 1. The van der Waals surface area contributed by atoms with Gasteiger partial charge in [-0.25, -0.2) is 0 Å². The Bertz CT molecular complexity index is 1020. The van der Waals surface area contributed by atoms with E-state index in [-0.39, 0.29) is 18.3 Å². The molecule has 2 unspecified atom stereocenters. The molecule has 0 aliphatic carbocycles. The van der Waals surface area contributed by atoms with Crippen molar-refractivity contribution in [1.29, 1.82) is 0 Å². The fraction of sp³-hybridized carbons (Fsp3) is 0.300. The van der Waals surface area contributed by atoms with Gasteiger partial charge in [-0.1, -0.05) is 30.3 Å². The highest BCUT2D eigenvalue weighted by Crippen LogP contribution is 2.38. The molecule has 2 aromatic carbocycles. The first-order valence-corrected chi connectivity index (χ1v) is 10.9. The Balaban J connectivity index is 1.76. The van der Waals surface area contributed by atoms with Gasteiger partial charge in [0.25, 0.3) is 0 Å². The van der Waals surface area contributed by atoms with Crippen LogP contribution in [0.4, 0.5) is 18.2 Å². The van der Waals surface area contributed by atoms with Gasteiger partial charge in [0.1, 0.15) is 10.8 Å². The van der Waals surface area contributed by atoms with Crippen LogP contribution in [0.5, 0.6) is 5.75 Å². The summed E-state index contributed by atoms with van der Waals surface area (Å²) in [5, 5.41) is 4.75. The number of hydrogen-bond acceptors (Lipinski definition) is 5. The van der Waals surface area contributed by atoms with E-state index >= 15 is 0 Å². The first-order valence-electron chi connectivity index (χ1n) is 9.05. The van der Waals surface area contributed by atoms with Crippen LogP contribution in [0, 0.1) is 6.92 Å². The lowest BCUT2D eigenvalue weighted by atomic mass is 10.1. The van der Waals surface area contributed by atoms with Gasteiger partial charge in [-0.2, -0.15) is 0 Å². The summed E-state index contributed by atoms with van der Waals surface area (Å²) in [4.78, 5) is 0. The number of rotatable bonds is 8. The molecule has 3 aromatic rings. The maximum absolute atomic E-state index is 12.3. The molecule has 0 saturated carbocycles. The van der Waals surface area contributed by atoms with E-state index in [2.05, 4.69) is 10.1 Å². The largest absolute Gasteiger partial charge is 0.755 e. The van der Waals surface area contributed by atoms with Crippen LogP contribution in [0.25, 0.3) is 10.1 Å². The minimum atomic E-state index is -4.74. The van der Waals surface area contributed by atoms with E-state index in [1.807, 2.05) is 31.2 Å². The highest BCUT2D eigenvalue weighted by Gasteiger charge is 2.31. The number of nitrogens with one attached hydrogen (secondary N) is 1. The molecule has 0 radical (unpaired) electrons. The van der Waals surface area contributed by atoms with Crippen molar-refractivity contribution in [1.82, 2.24) is 5.32 Å². The van der Waals surface area contributed by atoms with Gasteiger partial charge in [0.2, 0.25) is 0 Å². The Labute approximate surface area is 178 Å². The Morgan fingerprint density at radius 1 is 1.20 bits per heavy atom. The molecular weight excluding hydrogens is 437 g/mol. The van der Waals surface area contributed by atoms with E-state index in [4.69, 9.17) is 0 Å². The Morgan fingerprint density at radius 3 is 2.43 bits per heavy atom. The smallest absolute Gasteiger partial charge is 0.573 e. The molecule has 0 aliphatic heterocycles. The molecule has 1 heterocycles. The van der Waals surface area contributed by atoms with E-state index in [0.717, 1.165) is 21.2 Å². The average Bonchev–Trinajstić information content (AvgIpc) is 3.01. The van der Waals surface area contributed by atoms with Gasteiger partial charge < -0.3 is 14.6 Å². The molecule has 30 heavy (non-hydrogen) atoms. The van der Waals surface area contributed by atoms with Gasteiger partial charge in [-0.3, -0.25) is 8.51 Å². The standard InChI is InChI=1S/C20H21F3N2O3S2/c1-13-17-5-3-4-6-18(17)29-19(13)25(30(26)27)12-15(24-2)11-14-7-9-16(10-8-14)28-20(21,22)23/h3-10,15,24H,11-12H2,1-2H3,(H,26,27)/p-1. The van der Waals surface area contributed by atoms with Crippen molar-refractivity contribution in [3.63, 3.8) is 0 Å². The predicted molar refractivity (Wildman–Crippen MR) is 113 cm³/mol. The third kappa shape index (κ3) is 5.51. The third-order valence-corrected chi connectivity index (χ3v) is 6.76. The van der Waals surface area contributed by atoms with Crippen molar-refractivity contribution in [2.45, 2.75) is 25.7 Å². The van der Waals surface area contributed by atoms with Crippen LogP contribution in [-0.4, -0.2) is 34.8 Å². The summed E-state index contributed by atoms with van der Waals surface area (Å²) in [7, 11) is 1.72. The first kappa shape index (κ1) is 22.5. The number of aryl methyl sites for hydroxylation is 1. The summed E-state index contributed by atoms with van der Waals surface area (Å²) in [5.74, 6) is -0.296. The Hall–Kier alpha value is -2.14. The fourth-order valence-electron chi connectivity index (χ4n) is 3.18. The Kier molecular flexibility index (Phi) is 7.02. The molecule has 10 heteroatoms. The van der Waals surface area contributed by atoms with Gasteiger partial charge in [-0.15, -0.1) is 24.5 Å². The van der Waals surface area contributed by atoms with Crippen molar-refractivity contribution in [3.8, 4) is 5.75 Å². The lowest BCUT2D eigenvalue weighted by molar-refractivity contribution is -0.274. The zero-order valence-electron chi connectivity index (χ0n) is 16.2. The van der Waals surface area contributed by atoms with Crippen LogP contribution >= 0.6 is 11.3 Å². The molecule has 0 aliphatic rings. The summed E-state index contributed by atoms with van der Waals surface area (Å²) >= 11 is -1.07. The highest BCUT2D eigenvalue weighted by molar-refractivity contribution is 7.81. The topological polar surface area (TPSA) is 64.6 Å². The molecule has 2 atom stereocenters. The van der Waals surface area contributed by atoms with Crippen molar-refractivity contribution < 1.29 is 26.7 Å². The molecule has 3 rings (SSSR count). The van der Waals surface area contributed by atoms with Crippen LogP contribution in [0.15, 0.2) is 48.5 Å². The van der Waals surface area contributed by atoms with Gasteiger partial charge in [0.05, 0.1) is 0 Å². The van der Waals surface area contributed by atoms with E-state index in [1.165, 1.54) is 39.9 Å². The predicted octanol–water partition coefficient (Wildman–Crippen LogP) is 4.54. The number of nitrogens with zero attached hydrogens (tertiary/aromatic N) is 1. The SMILES string of the molecule is CNC(Cc1ccc(OC(F)(F)F)cc1)CN(c1sc2ccccc2c1C)S(=O)[O-]. The number of hydrogen-bond donors (Lipinski definition) is 1. The van der Waals surface area contributed by atoms with Gasteiger partial charge in [0, 0.05) is 28.6 Å². The van der Waals surface area contributed by atoms with Gasteiger partial charge in [0.15, 0.2) is 0 Å². The van der Waals surface area contributed by atoms with Gasteiger partial charge >= 0.3 is 6.36 Å². The summed E-state index contributed by atoms with van der Waals surface area (Å²) in [6.07, 6.45) is -4.31. The van der Waals surface area contributed by atoms with Crippen molar-refractivity contribution in [2.75, 3.05) is 17.9 Å². The molecule has 162 valence electrons. The number of alkyl halides is 3. The zero-order chi connectivity index (χ0) is 21.9. The molecule has 0 saturated heterocycles. The maximum atomic E-state index is 12.3. The second kappa shape index (κ2) is 9.34. The second-order valence-electron chi connectivity index (χ2n) is 6.69. The number of ether oxygens (including phenoxy) is 1. The van der Waals surface area contributed by atoms with Crippen LogP contribution in [0.3, 0.4) is 0 Å². The monoisotopic (exact) mass is 457 g/mol. The first-order chi connectivity index (χ1) is 14.2. The number of likely N-dealkylation sites (N-methyl/N-ethyl adjacent to an activating group) is 1. The average molecular weight is 458 g/mol. The zero-order valence-corrected chi connectivity index (χ0v) is 17.9. The summed E-state index contributed by atoms with van der Waals surface area (Å²) in [6.45, 7) is 2.07. The molecule has 1 aromatic heterocycles. The Morgan fingerprint density at radius 2 is 1.87 bits per heavy atom. The number of halogens is 3. The van der Waals surface area contributed by atoms with Crippen LogP contribution in [-0.2, 0) is 17.7 Å². The number of anilines is 1. The summed E-state index contributed by atoms with van der Waals surface area (Å²) in [5.41, 5.74) is 1.65. The molecule has 5 nitrogen and oxygen atoms in total. The van der Waals surface area contributed by atoms with Crippen LogP contribution in [0.2, 0.25) is 0 Å². The molecule has 0 bridgehead atoms. The normalized spacial score (nSPS) is 13.9. The summed E-state index contributed by atoms with van der Waals surface area (Å²) in [6, 6.07) is 13.0. The highest BCUT2D eigenvalue weighted by atomic mass is 32.2. The maximum Gasteiger partial charge on any atom is 0.573 e. The lowest BCUT2D eigenvalue weighted by Crippen LogP contribution is -2.41. The minimum Gasteiger partial charge on any atom is -0.755 e. The van der Waals surface area contributed by atoms with Gasteiger partial charge in [-0.05, 0) is 55.1 Å². The second-order valence-corrected chi connectivity index (χ2v) is 8.59. The number of fused-ring (bicyclic) bond motifs is 1. The summed E-state index contributed by atoms with van der Waals surface area (Å²) < 4.78 is 67.1. The van der Waals surface area contributed by atoms with Crippen LogP contribution < -0.4 is 14.4 Å². The van der Waals surface area contributed by atoms with E-state index in [0.29, 0.717) is 11.4 Å². The molecular formula is C20H20F3N2O3S2-. The van der Waals surface area contributed by atoms with E-state index < -0.39 is 17.6 Å². The van der Waals surface area contributed by atoms with E-state index in [1.54, 1.807) is 7.05 Å². The fourth-order valence-corrected chi connectivity index (χ4v) is 5.17.